The Morgan fingerprint density at radius 1 is 1.45 bits per heavy atom. The Morgan fingerprint density at radius 3 is 2.91 bits per heavy atom. The van der Waals surface area contributed by atoms with Crippen molar-refractivity contribution in [3.8, 4) is 0 Å². The molecule has 1 aliphatic heterocycles. The van der Waals surface area contributed by atoms with Crippen LogP contribution in [0.25, 0.3) is 0 Å². The molecule has 1 aromatic heterocycles. The van der Waals surface area contributed by atoms with Crippen molar-refractivity contribution < 1.29 is 13.9 Å². The lowest BCUT2D eigenvalue weighted by atomic mass is 10.1. The van der Waals surface area contributed by atoms with Crippen molar-refractivity contribution in [2.45, 2.75) is 33.3 Å². The van der Waals surface area contributed by atoms with Crippen LogP contribution < -0.4 is 10.9 Å². The Morgan fingerprint density at radius 2 is 2.23 bits per heavy atom. The molecule has 1 fully saturated rings. The number of hydrogen-bond acceptors (Lipinski definition) is 5. The van der Waals surface area contributed by atoms with Crippen LogP contribution in [0.3, 0.4) is 0 Å². The third-order valence-corrected chi connectivity index (χ3v) is 3.98. The molecule has 1 saturated heterocycles. The molecule has 0 bridgehead atoms. The van der Waals surface area contributed by atoms with E-state index >= 15 is 0 Å². The van der Waals surface area contributed by atoms with Crippen LogP contribution in [0.15, 0.2) is 15.3 Å². The number of ether oxygens (including phenoxy) is 1. The molecule has 1 amide bonds. The van der Waals surface area contributed by atoms with E-state index in [1.54, 1.807) is 13.8 Å². The van der Waals surface area contributed by atoms with Gasteiger partial charge in [-0.05, 0) is 32.4 Å². The van der Waals surface area contributed by atoms with Gasteiger partial charge in [0.05, 0.1) is 18.3 Å². The lowest BCUT2D eigenvalue weighted by Gasteiger charge is -2.32. The minimum absolute atomic E-state index is 0.157. The van der Waals surface area contributed by atoms with Gasteiger partial charge in [0, 0.05) is 25.7 Å². The van der Waals surface area contributed by atoms with Crippen LogP contribution in [-0.4, -0.2) is 49.7 Å². The summed E-state index contributed by atoms with van der Waals surface area (Å²) < 4.78 is 10.7. The Hall–Kier alpha value is -1.66. The van der Waals surface area contributed by atoms with Crippen LogP contribution in [0.5, 0.6) is 0 Å². The first kappa shape index (κ1) is 16.7. The topological polar surface area (TPSA) is 71.8 Å². The van der Waals surface area contributed by atoms with Gasteiger partial charge in [-0.1, -0.05) is 6.92 Å². The Balaban J connectivity index is 1.87. The second-order valence-corrected chi connectivity index (χ2v) is 5.61. The van der Waals surface area contributed by atoms with Gasteiger partial charge in [-0.2, -0.15) is 0 Å². The number of nitrogens with zero attached hydrogens (tertiary/aromatic N) is 1. The number of morpholine rings is 1. The van der Waals surface area contributed by atoms with Crippen LogP contribution in [0.2, 0.25) is 0 Å². The molecule has 22 heavy (non-hydrogen) atoms. The first-order valence-corrected chi connectivity index (χ1v) is 7.74. The van der Waals surface area contributed by atoms with Crippen molar-refractivity contribution in [2.24, 2.45) is 0 Å². The molecule has 0 aromatic carbocycles. The predicted molar refractivity (Wildman–Crippen MR) is 83.3 cm³/mol. The van der Waals surface area contributed by atoms with E-state index in [1.807, 2.05) is 0 Å². The second-order valence-electron chi connectivity index (χ2n) is 5.61. The van der Waals surface area contributed by atoms with Crippen molar-refractivity contribution in [2.75, 3.05) is 32.8 Å². The molecule has 6 nitrogen and oxygen atoms in total. The van der Waals surface area contributed by atoms with E-state index in [4.69, 9.17) is 9.15 Å². The number of likely N-dealkylation sites (N-methyl/N-ethyl adjacent to an activating group) is 1. The number of aryl methyl sites for hydroxylation is 2. The summed E-state index contributed by atoms with van der Waals surface area (Å²) in [5, 5.41) is 2.88. The molecule has 122 valence electrons. The van der Waals surface area contributed by atoms with E-state index < -0.39 is 5.63 Å². The fourth-order valence-electron chi connectivity index (χ4n) is 2.77. The molecule has 1 aromatic rings. The molecular weight excluding hydrogens is 284 g/mol. The van der Waals surface area contributed by atoms with Gasteiger partial charge in [0.1, 0.15) is 5.76 Å². The van der Waals surface area contributed by atoms with Gasteiger partial charge in [0.2, 0.25) is 0 Å². The highest BCUT2D eigenvalue weighted by Crippen LogP contribution is 2.11. The highest BCUT2D eigenvalue weighted by Gasteiger charge is 2.20. The van der Waals surface area contributed by atoms with E-state index in [0.717, 1.165) is 32.7 Å². The zero-order valence-electron chi connectivity index (χ0n) is 13.5. The van der Waals surface area contributed by atoms with Gasteiger partial charge in [0.15, 0.2) is 0 Å². The Labute approximate surface area is 130 Å². The van der Waals surface area contributed by atoms with Crippen molar-refractivity contribution >= 4 is 5.91 Å². The number of hydrogen-bond donors (Lipinski definition) is 1. The summed E-state index contributed by atoms with van der Waals surface area (Å²) in [6, 6.07) is 1.34. The van der Waals surface area contributed by atoms with Gasteiger partial charge in [-0.15, -0.1) is 0 Å². The van der Waals surface area contributed by atoms with Crippen molar-refractivity contribution in [1.82, 2.24) is 10.2 Å². The molecule has 2 heterocycles. The van der Waals surface area contributed by atoms with Crippen molar-refractivity contribution in [3.05, 3.63) is 33.4 Å². The molecule has 0 unspecified atom stereocenters. The average molecular weight is 308 g/mol. The van der Waals surface area contributed by atoms with Crippen LogP contribution in [0.4, 0.5) is 0 Å². The molecule has 0 radical (unpaired) electrons. The van der Waals surface area contributed by atoms with Gasteiger partial charge >= 0.3 is 5.63 Å². The molecule has 1 aliphatic rings. The molecule has 6 heteroatoms. The number of carbonyl (C=O) groups is 1. The summed E-state index contributed by atoms with van der Waals surface area (Å²) in [5.41, 5.74) is 0.651. The summed E-state index contributed by atoms with van der Waals surface area (Å²) >= 11 is 0. The van der Waals surface area contributed by atoms with Gasteiger partial charge in [-0.3, -0.25) is 9.69 Å². The van der Waals surface area contributed by atoms with Gasteiger partial charge in [-0.25, -0.2) is 4.79 Å². The van der Waals surface area contributed by atoms with Crippen molar-refractivity contribution in [3.63, 3.8) is 0 Å². The fourth-order valence-corrected chi connectivity index (χ4v) is 2.77. The zero-order chi connectivity index (χ0) is 16.1. The number of amides is 1. The van der Waals surface area contributed by atoms with Crippen LogP contribution in [-0.2, 0) is 4.74 Å². The quantitative estimate of drug-likeness (QED) is 0.882. The van der Waals surface area contributed by atoms with E-state index in [2.05, 4.69) is 17.1 Å². The molecule has 2 rings (SSSR count). The third-order valence-electron chi connectivity index (χ3n) is 3.98. The molecular formula is C16H24N2O4. The van der Waals surface area contributed by atoms with Gasteiger partial charge in [0.25, 0.3) is 5.91 Å². The molecule has 1 N–H and O–H groups in total. The SMILES string of the molecule is CCN1CCO[C@H](CCNC(=O)c2c(C)cc(=O)oc2C)C1. The first-order chi connectivity index (χ1) is 10.5. The minimum atomic E-state index is -0.429. The maximum Gasteiger partial charge on any atom is 0.336 e. The molecule has 0 saturated carbocycles. The minimum Gasteiger partial charge on any atom is -0.427 e. The summed E-state index contributed by atoms with van der Waals surface area (Å²) in [6.45, 7) is 9.69. The predicted octanol–water partition coefficient (Wildman–Crippen LogP) is 1.10. The van der Waals surface area contributed by atoms with Gasteiger partial charge < -0.3 is 14.5 Å². The van der Waals surface area contributed by atoms with Crippen LogP contribution in [0, 0.1) is 13.8 Å². The molecule has 0 aliphatic carbocycles. The standard InChI is InChI=1S/C16H24N2O4/c1-4-18-7-8-21-13(10-18)5-6-17-16(20)15-11(2)9-14(19)22-12(15)3/h9,13H,4-8,10H2,1-3H3,(H,17,20)/t13-/m1/s1. The van der Waals surface area contributed by atoms with Crippen LogP contribution in [0.1, 0.15) is 35.0 Å². The second kappa shape index (κ2) is 7.56. The molecule has 0 spiro atoms. The molecule has 1 atom stereocenters. The Bertz CT molecular complexity index is 556. The third kappa shape index (κ3) is 4.18. The van der Waals surface area contributed by atoms with Crippen molar-refractivity contribution in [1.29, 1.82) is 0 Å². The average Bonchev–Trinajstić information content (AvgIpc) is 2.46. The normalized spacial score (nSPS) is 19.1. The maximum absolute atomic E-state index is 12.2. The monoisotopic (exact) mass is 308 g/mol. The maximum atomic E-state index is 12.2. The summed E-state index contributed by atoms with van der Waals surface area (Å²) in [6.07, 6.45) is 0.932. The van der Waals surface area contributed by atoms with E-state index in [1.165, 1.54) is 6.07 Å². The fraction of sp³-hybridized carbons (Fsp3) is 0.625. The van der Waals surface area contributed by atoms with E-state index in [-0.39, 0.29) is 12.0 Å². The lowest BCUT2D eigenvalue weighted by molar-refractivity contribution is -0.0296. The summed E-state index contributed by atoms with van der Waals surface area (Å²) in [4.78, 5) is 25.8. The summed E-state index contributed by atoms with van der Waals surface area (Å²) in [5.74, 6) is 0.149. The van der Waals surface area contributed by atoms with Crippen LogP contribution >= 0.6 is 0 Å². The Kier molecular flexibility index (Phi) is 5.74. The number of rotatable bonds is 5. The van der Waals surface area contributed by atoms with E-state index in [9.17, 15) is 9.59 Å². The van der Waals surface area contributed by atoms with E-state index in [0.29, 0.717) is 23.4 Å². The number of nitrogens with one attached hydrogen (secondary N) is 1. The highest BCUT2D eigenvalue weighted by atomic mass is 16.5. The smallest absolute Gasteiger partial charge is 0.336 e. The zero-order valence-corrected chi connectivity index (χ0v) is 13.5. The number of carbonyl (C=O) groups excluding carboxylic acids is 1. The summed E-state index contributed by atoms with van der Waals surface area (Å²) in [7, 11) is 0. The largest absolute Gasteiger partial charge is 0.427 e. The lowest BCUT2D eigenvalue weighted by Crippen LogP contribution is -2.43. The first-order valence-electron chi connectivity index (χ1n) is 7.74. The highest BCUT2D eigenvalue weighted by molar-refractivity contribution is 5.96.